The van der Waals surface area contributed by atoms with Gasteiger partial charge in [0.1, 0.15) is 5.78 Å². The van der Waals surface area contributed by atoms with Crippen LogP contribution in [0.2, 0.25) is 0 Å². The van der Waals surface area contributed by atoms with Crippen LogP contribution in [-0.2, 0) is 16.0 Å². The number of halogens is 1. The molecule has 2 nitrogen and oxygen atoms in total. The highest BCUT2D eigenvalue weighted by molar-refractivity contribution is 9.10. The molecule has 78 valence electrons. The van der Waals surface area contributed by atoms with E-state index < -0.39 is 0 Å². The molecule has 0 N–H and O–H groups in total. The number of ketones is 1. The molecule has 14 heavy (non-hydrogen) atoms. The normalized spacial score (nSPS) is 10.4. The number of hydrogen-bond donors (Lipinski definition) is 0. The van der Waals surface area contributed by atoms with E-state index in [2.05, 4.69) is 15.9 Å². The lowest BCUT2D eigenvalue weighted by molar-refractivity contribution is -0.119. The Morgan fingerprint density at radius 1 is 1.64 bits per heavy atom. The smallest absolute Gasteiger partial charge is 0.140 e. The zero-order valence-corrected chi connectivity index (χ0v) is 10.5. The number of thiophene rings is 1. The average molecular weight is 277 g/mol. The van der Waals surface area contributed by atoms with E-state index in [9.17, 15) is 4.79 Å². The number of carbonyl (C=O) groups is 1. The third-order valence-electron chi connectivity index (χ3n) is 1.72. The Balaban J connectivity index is 2.27. The van der Waals surface area contributed by atoms with Gasteiger partial charge >= 0.3 is 0 Å². The number of carbonyl (C=O) groups excluding carboxylic acids is 1. The van der Waals surface area contributed by atoms with Gasteiger partial charge < -0.3 is 4.74 Å². The summed E-state index contributed by atoms with van der Waals surface area (Å²) in [6.07, 6.45) is 1.05. The summed E-state index contributed by atoms with van der Waals surface area (Å²) >= 11 is 4.97. The molecular weight excluding hydrogens is 264 g/mol. The van der Waals surface area contributed by atoms with E-state index in [0.29, 0.717) is 26.1 Å². The summed E-state index contributed by atoms with van der Waals surface area (Å²) in [6, 6.07) is 1.99. The topological polar surface area (TPSA) is 26.3 Å². The Bertz CT molecular complexity index is 296. The first-order chi connectivity index (χ1) is 6.72. The van der Waals surface area contributed by atoms with Crippen molar-refractivity contribution < 1.29 is 9.53 Å². The highest BCUT2D eigenvalue weighted by atomic mass is 79.9. The van der Waals surface area contributed by atoms with Crippen LogP contribution < -0.4 is 0 Å². The van der Waals surface area contributed by atoms with Gasteiger partial charge in [0.2, 0.25) is 0 Å². The highest BCUT2D eigenvalue weighted by Gasteiger charge is 2.05. The van der Waals surface area contributed by atoms with E-state index in [0.717, 1.165) is 9.35 Å². The molecule has 0 fully saturated rings. The monoisotopic (exact) mass is 276 g/mol. The van der Waals surface area contributed by atoms with Gasteiger partial charge in [0.25, 0.3) is 0 Å². The third-order valence-corrected chi connectivity index (χ3v) is 3.42. The molecule has 0 atom stereocenters. The predicted octanol–water partition coefficient (Wildman–Crippen LogP) is 3.05. The van der Waals surface area contributed by atoms with Crippen molar-refractivity contribution >= 4 is 33.0 Å². The molecule has 0 aliphatic heterocycles. The van der Waals surface area contributed by atoms with Crippen molar-refractivity contribution in [1.29, 1.82) is 0 Å². The quantitative estimate of drug-likeness (QED) is 0.747. The summed E-state index contributed by atoms with van der Waals surface area (Å²) in [5.41, 5.74) is 0. The molecule has 0 aromatic carbocycles. The van der Waals surface area contributed by atoms with Crippen LogP contribution in [0.25, 0.3) is 0 Å². The van der Waals surface area contributed by atoms with Gasteiger partial charge in [0, 0.05) is 34.2 Å². The second kappa shape index (κ2) is 6.32. The summed E-state index contributed by atoms with van der Waals surface area (Å²) in [6.45, 7) is 3.15. The molecule has 1 rings (SSSR count). The fourth-order valence-electron chi connectivity index (χ4n) is 1.06. The summed E-state index contributed by atoms with van der Waals surface area (Å²) in [7, 11) is 0. The van der Waals surface area contributed by atoms with E-state index in [1.54, 1.807) is 11.3 Å². The molecule has 0 radical (unpaired) electrons. The average Bonchev–Trinajstić information content (AvgIpc) is 2.52. The molecule has 0 bridgehead atoms. The van der Waals surface area contributed by atoms with E-state index in [1.165, 1.54) is 0 Å². The largest absolute Gasteiger partial charge is 0.381 e. The van der Waals surface area contributed by atoms with Crippen LogP contribution in [0.3, 0.4) is 0 Å². The van der Waals surface area contributed by atoms with Gasteiger partial charge in [-0.1, -0.05) is 0 Å². The number of ether oxygens (including phenoxy) is 1. The predicted molar refractivity (Wildman–Crippen MR) is 61.8 cm³/mol. The summed E-state index contributed by atoms with van der Waals surface area (Å²) in [5, 5.41) is 1.99. The van der Waals surface area contributed by atoms with Crippen molar-refractivity contribution in [3.8, 4) is 0 Å². The van der Waals surface area contributed by atoms with Crippen LogP contribution in [0.1, 0.15) is 18.2 Å². The van der Waals surface area contributed by atoms with E-state index in [-0.39, 0.29) is 5.78 Å². The minimum absolute atomic E-state index is 0.243. The van der Waals surface area contributed by atoms with Crippen molar-refractivity contribution in [2.45, 2.75) is 19.8 Å². The Morgan fingerprint density at radius 3 is 3.00 bits per heavy atom. The Morgan fingerprint density at radius 2 is 2.43 bits per heavy atom. The second-order valence-corrected chi connectivity index (χ2v) is 4.81. The minimum atomic E-state index is 0.243. The molecular formula is C10H13BrO2S. The molecule has 0 saturated carbocycles. The fourth-order valence-corrected chi connectivity index (χ4v) is 2.54. The van der Waals surface area contributed by atoms with Crippen LogP contribution in [0.5, 0.6) is 0 Å². The molecule has 0 spiro atoms. The maximum Gasteiger partial charge on any atom is 0.140 e. The van der Waals surface area contributed by atoms with Gasteiger partial charge in [0.05, 0.1) is 6.61 Å². The van der Waals surface area contributed by atoms with Gasteiger partial charge in [-0.15, -0.1) is 11.3 Å². The van der Waals surface area contributed by atoms with Crippen LogP contribution >= 0.6 is 27.3 Å². The number of rotatable bonds is 6. The van der Waals surface area contributed by atoms with Gasteiger partial charge in [-0.05, 0) is 28.9 Å². The molecule has 0 aliphatic carbocycles. The van der Waals surface area contributed by atoms with Crippen molar-refractivity contribution in [2.24, 2.45) is 0 Å². The standard InChI is InChI=1S/C10H13BrO2S/c1-2-13-4-3-9(12)6-10-5-8(11)7-14-10/h5,7H,2-4,6H2,1H3. The Labute approximate surface area is 96.4 Å². The van der Waals surface area contributed by atoms with Crippen molar-refractivity contribution in [3.63, 3.8) is 0 Å². The molecule has 0 amide bonds. The van der Waals surface area contributed by atoms with Crippen LogP contribution in [-0.4, -0.2) is 19.0 Å². The lowest BCUT2D eigenvalue weighted by Gasteiger charge is -1.99. The Kier molecular flexibility index (Phi) is 5.37. The molecule has 4 heteroatoms. The zero-order valence-electron chi connectivity index (χ0n) is 8.09. The second-order valence-electron chi connectivity index (χ2n) is 2.89. The third kappa shape index (κ3) is 4.35. The number of Topliss-reactive ketones (excluding diaryl/α,β-unsaturated/α-hetero) is 1. The first-order valence-electron chi connectivity index (χ1n) is 4.54. The van der Waals surface area contributed by atoms with E-state index >= 15 is 0 Å². The van der Waals surface area contributed by atoms with Crippen LogP contribution in [0, 0.1) is 0 Å². The minimum Gasteiger partial charge on any atom is -0.381 e. The van der Waals surface area contributed by atoms with Crippen molar-refractivity contribution in [1.82, 2.24) is 0 Å². The first kappa shape index (κ1) is 11.9. The SMILES string of the molecule is CCOCCC(=O)Cc1cc(Br)cs1. The van der Waals surface area contributed by atoms with E-state index in [1.807, 2.05) is 18.4 Å². The molecule has 0 unspecified atom stereocenters. The maximum absolute atomic E-state index is 11.4. The summed E-state index contributed by atoms with van der Waals surface area (Å²) in [5.74, 6) is 0.243. The summed E-state index contributed by atoms with van der Waals surface area (Å²) in [4.78, 5) is 12.5. The molecule has 1 aromatic heterocycles. The van der Waals surface area contributed by atoms with Crippen molar-refractivity contribution in [2.75, 3.05) is 13.2 Å². The van der Waals surface area contributed by atoms with Gasteiger partial charge in [-0.2, -0.15) is 0 Å². The van der Waals surface area contributed by atoms with Crippen LogP contribution in [0.15, 0.2) is 15.9 Å². The molecule has 0 saturated heterocycles. The lowest BCUT2D eigenvalue weighted by atomic mass is 10.2. The molecule has 0 aliphatic rings. The van der Waals surface area contributed by atoms with Crippen molar-refractivity contribution in [3.05, 3.63) is 20.8 Å². The molecule has 1 aromatic rings. The first-order valence-corrected chi connectivity index (χ1v) is 6.22. The summed E-state index contributed by atoms with van der Waals surface area (Å²) < 4.78 is 6.17. The Hall–Kier alpha value is -0.190. The van der Waals surface area contributed by atoms with Gasteiger partial charge in [-0.3, -0.25) is 4.79 Å². The van der Waals surface area contributed by atoms with E-state index in [4.69, 9.17) is 4.74 Å². The van der Waals surface area contributed by atoms with Gasteiger partial charge in [-0.25, -0.2) is 0 Å². The zero-order chi connectivity index (χ0) is 10.4. The maximum atomic E-state index is 11.4. The number of hydrogen-bond acceptors (Lipinski definition) is 3. The van der Waals surface area contributed by atoms with Crippen LogP contribution in [0.4, 0.5) is 0 Å². The fraction of sp³-hybridized carbons (Fsp3) is 0.500. The lowest BCUT2D eigenvalue weighted by Crippen LogP contribution is -2.06. The van der Waals surface area contributed by atoms with Gasteiger partial charge in [0.15, 0.2) is 0 Å². The molecule has 1 heterocycles. The highest BCUT2D eigenvalue weighted by Crippen LogP contribution is 2.20.